The van der Waals surface area contributed by atoms with E-state index in [9.17, 15) is 5.11 Å². The fraction of sp³-hybridized carbons (Fsp3) is 0.0714. The van der Waals surface area contributed by atoms with Crippen LogP contribution < -0.4 is 0 Å². The van der Waals surface area contributed by atoms with Crippen LogP contribution in [-0.2, 0) is 6.54 Å². The lowest BCUT2D eigenvalue weighted by molar-refractivity contribution is 0.423. The Kier molecular flexibility index (Phi) is 2.89. The predicted molar refractivity (Wildman–Crippen MR) is 77.9 cm³/mol. The Morgan fingerprint density at radius 3 is 2.61 bits per heavy atom. The maximum absolute atomic E-state index is 9.71. The lowest BCUT2D eigenvalue weighted by Gasteiger charge is -2.06. The third-order valence-corrected chi connectivity index (χ3v) is 4.18. The Morgan fingerprint density at radius 2 is 1.89 bits per heavy atom. The molecule has 0 aliphatic rings. The molecule has 1 heterocycles. The summed E-state index contributed by atoms with van der Waals surface area (Å²) in [6.45, 7) is 0.610. The van der Waals surface area contributed by atoms with E-state index < -0.39 is 0 Å². The molecule has 3 rings (SSSR count). The SMILES string of the molecule is Oc1csc(=S)n1Cc1ccc2ccccc2c1. The number of hydrogen-bond donors (Lipinski definition) is 1. The molecule has 0 amide bonds. The van der Waals surface area contributed by atoms with E-state index in [2.05, 4.69) is 30.3 Å². The minimum absolute atomic E-state index is 0.234. The van der Waals surface area contributed by atoms with Gasteiger partial charge in [0, 0.05) is 0 Å². The van der Waals surface area contributed by atoms with Gasteiger partial charge in [0.05, 0.1) is 11.9 Å². The van der Waals surface area contributed by atoms with E-state index in [1.165, 1.54) is 22.1 Å². The average molecular weight is 273 g/mol. The zero-order valence-corrected chi connectivity index (χ0v) is 11.2. The Bertz CT molecular complexity index is 758. The van der Waals surface area contributed by atoms with E-state index in [0.29, 0.717) is 10.5 Å². The first-order chi connectivity index (χ1) is 8.74. The highest BCUT2D eigenvalue weighted by atomic mass is 32.1. The van der Waals surface area contributed by atoms with Crippen molar-refractivity contribution in [1.29, 1.82) is 0 Å². The average Bonchev–Trinajstić information content (AvgIpc) is 2.70. The van der Waals surface area contributed by atoms with Gasteiger partial charge in [0.2, 0.25) is 5.88 Å². The first-order valence-electron chi connectivity index (χ1n) is 5.59. The summed E-state index contributed by atoms with van der Waals surface area (Å²) < 4.78 is 2.44. The third kappa shape index (κ3) is 2.05. The maximum atomic E-state index is 9.71. The number of benzene rings is 2. The summed E-state index contributed by atoms with van der Waals surface area (Å²) >= 11 is 6.57. The van der Waals surface area contributed by atoms with Gasteiger partial charge in [0.15, 0.2) is 3.95 Å². The maximum Gasteiger partial charge on any atom is 0.203 e. The van der Waals surface area contributed by atoms with Crippen LogP contribution in [0.25, 0.3) is 10.8 Å². The zero-order valence-electron chi connectivity index (χ0n) is 9.54. The number of hydrogen-bond acceptors (Lipinski definition) is 3. The van der Waals surface area contributed by atoms with Crippen molar-refractivity contribution in [2.24, 2.45) is 0 Å². The van der Waals surface area contributed by atoms with E-state index in [0.717, 1.165) is 5.56 Å². The summed E-state index contributed by atoms with van der Waals surface area (Å²) in [5, 5.41) is 13.8. The van der Waals surface area contributed by atoms with Crippen molar-refractivity contribution in [2.45, 2.75) is 6.54 Å². The molecule has 0 unspecified atom stereocenters. The van der Waals surface area contributed by atoms with E-state index in [1.807, 2.05) is 12.1 Å². The molecule has 0 aliphatic carbocycles. The molecule has 2 nitrogen and oxygen atoms in total. The molecule has 0 saturated heterocycles. The number of rotatable bonds is 2. The zero-order chi connectivity index (χ0) is 12.5. The van der Waals surface area contributed by atoms with E-state index in [-0.39, 0.29) is 5.88 Å². The number of aromatic hydroxyl groups is 1. The topological polar surface area (TPSA) is 25.2 Å². The van der Waals surface area contributed by atoms with Crippen molar-refractivity contribution in [2.75, 3.05) is 0 Å². The van der Waals surface area contributed by atoms with Gasteiger partial charge >= 0.3 is 0 Å². The molecule has 0 atom stereocenters. The van der Waals surface area contributed by atoms with Gasteiger partial charge in [-0.1, -0.05) is 36.4 Å². The Hall–Kier alpha value is -1.65. The molecule has 4 heteroatoms. The third-order valence-electron chi connectivity index (χ3n) is 2.92. The molecule has 90 valence electrons. The summed E-state index contributed by atoms with van der Waals surface area (Å²) in [5.74, 6) is 0.234. The second-order valence-corrected chi connectivity index (χ2v) is 5.63. The van der Waals surface area contributed by atoms with Crippen LogP contribution in [0.3, 0.4) is 0 Å². The quantitative estimate of drug-likeness (QED) is 0.708. The fourth-order valence-electron chi connectivity index (χ4n) is 1.99. The summed E-state index contributed by atoms with van der Waals surface area (Å²) in [4.78, 5) is 0. The molecular formula is C14H11NOS2. The molecule has 1 aromatic heterocycles. The van der Waals surface area contributed by atoms with Gasteiger partial charge in [-0.25, -0.2) is 0 Å². The minimum atomic E-state index is 0.234. The molecule has 2 aromatic carbocycles. The molecule has 18 heavy (non-hydrogen) atoms. The summed E-state index contributed by atoms with van der Waals surface area (Å²) in [6, 6.07) is 14.5. The Balaban J connectivity index is 2.03. The van der Waals surface area contributed by atoms with Gasteiger partial charge in [0.1, 0.15) is 0 Å². The summed E-state index contributed by atoms with van der Waals surface area (Å²) in [7, 11) is 0. The van der Waals surface area contributed by atoms with Crippen molar-refractivity contribution in [1.82, 2.24) is 4.57 Å². The van der Waals surface area contributed by atoms with Crippen molar-refractivity contribution < 1.29 is 5.11 Å². The van der Waals surface area contributed by atoms with E-state index >= 15 is 0 Å². The molecule has 0 spiro atoms. The van der Waals surface area contributed by atoms with Crippen LogP contribution in [0.5, 0.6) is 5.88 Å². The van der Waals surface area contributed by atoms with Crippen LogP contribution in [-0.4, -0.2) is 9.67 Å². The van der Waals surface area contributed by atoms with Crippen molar-refractivity contribution >= 4 is 34.3 Å². The van der Waals surface area contributed by atoms with Crippen LogP contribution in [0.15, 0.2) is 47.8 Å². The monoisotopic (exact) mass is 273 g/mol. The van der Waals surface area contributed by atoms with Gasteiger partial charge in [-0.3, -0.25) is 4.57 Å². The summed E-state index contributed by atoms with van der Waals surface area (Å²) in [5.41, 5.74) is 1.14. The normalized spacial score (nSPS) is 10.9. The van der Waals surface area contributed by atoms with Crippen molar-refractivity contribution in [3.05, 3.63) is 57.4 Å². The fourth-order valence-corrected chi connectivity index (χ4v) is 2.91. The number of aromatic nitrogens is 1. The Labute approximate surface area is 114 Å². The molecular weight excluding hydrogens is 262 g/mol. The van der Waals surface area contributed by atoms with E-state index in [4.69, 9.17) is 12.2 Å². The van der Waals surface area contributed by atoms with Crippen LogP contribution in [0.1, 0.15) is 5.56 Å². The van der Waals surface area contributed by atoms with Gasteiger partial charge in [-0.15, -0.1) is 11.3 Å². The molecule has 0 fully saturated rings. The molecule has 0 aliphatic heterocycles. The predicted octanol–water partition coefficient (Wildman–Crippen LogP) is 4.19. The molecule has 0 saturated carbocycles. The largest absolute Gasteiger partial charge is 0.494 e. The van der Waals surface area contributed by atoms with Crippen molar-refractivity contribution in [3.8, 4) is 5.88 Å². The van der Waals surface area contributed by atoms with E-state index in [1.54, 1.807) is 9.95 Å². The Morgan fingerprint density at radius 1 is 1.11 bits per heavy atom. The van der Waals surface area contributed by atoms with Crippen LogP contribution in [0.2, 0.25) is 0 Å². The van der Waals surface area contributed by atoms with Crippen LogP contribution in [0.4, 0.5) is 0 Å². The lowest BCUT2D eigenvalue weighted by atomic mass is 10.1. The number of fused-ring (bicyclic) bond motifs is 1. The van der Waals surface area contributed by atoms with Gasteiger partial charge in [-0.05, 0) is 34.6 Å². The first kappa shape index (κ1) is 11.4. The van der Waals surface area contributed by atoms with Crippen LogP contribution in [0, 0.1) is 3.95 Å². The minimum Gasteiger partial charge on any atom is -0.494 e. The lowest BCUT2D eigenvalue weighted by Crippen LogP contribution is -1.98. The standard InChI is InChI=1S/C14H11NOS2/c16-13-9-18-14(17)15(13)8-10-5-6-11-3-1-2-4-12(11)7-10/h1-7,9,16H,8H2. The second kappa shape index (κ2) is 4.55. The van der Waals surface area contributed by atoms with Crippen LogP contribution >= 0.6 is 23.6 Å². The molecule has 0 radical (unpaired) electrons. The highest BCUT2D eigenvalue weighted by molar-refractivity contribution is 7.73. The van der Waals surface area contributed by atoms with Gasteiger partial charge < -0.3 is 5.11 Å². The number of nitrogens with zero attached hydrogens (tertiary/aromatic N) is 1. The molecule has 3 aromatic rings. The van der Waals surface area contributed by atoms with Gasteiger partial charge in [-0.2, -0.15) is 0 Å². The number of thiazole rings is 1. The highest BCUT2D eigenvalue weighted by Crippen LogP contribution is 2.21. The molecule has 0 bridgehead atoms. The second-order valence-electron chi connectivity index (χ2n) is 4.13. The smallest absolute Gasteiger partial charge is 0.203 e. The van der Waals surface area contributed by atoms with Crippen molar-refractivity contribution in [3.63, 3.8) is 0 Å². The summed E-state index contributed by atoms with van der Waals surface area (Å²) in [6.07, 6.45) is 0. The molecule has 1 N–H and O–H groups in total. The van der Waals surface area contributed by atoms with Gasteiger partial charge in [0.25, 0.3) is 0 Å². The first-order valence-corrected chi connectivity index (χ1v) is 6.88. The highest BCUT2D eigenvalue weighted by Gasteiger charge is 2.04.